The van der Waals surface area contributed by atoms with E-state index in [0.29, 0.717) is 10.6 Å². The van der Waals surface area contributed by atoms with Crippen LogP contribution in [-0.2, 0) is 19.4 Å². The number of nitrogens with zero attached hydrogens (tertiary/aromatic N) is 6. The predicted molar refractivity (Wildman–Crippen MR) is 98.7 cm³/mol. The van der Waals surface area contributed by atoms with Gasteiger partial charge < -0.3 is 0 Å². The van der Waals surface area contributed by atoms with Crippen molar-refractivity contribution >= 4 is 29.0 Å². The van der Waals surface area contributed by atoms with E-state index in [0.717, 1.165) is 27.8 Å². The number of carbonyl (C=O) groups excluding carboxylic acids is 1. The van der Waals surface area contributed by atoms with E-state index in [-0.39, 0.29) is 27.5 Å². The van der Waals surface area contributed by atoms with Crippen LogP contribution in [0.5, 0.6) is 0 Å². The largest absolute Gasteiger partial charge is 0.445 e. The lowest BCUT2D eigenvalue weighted by Gasteiger charge is -2.08. The highest BCUT2D eigenvalue weighted by Crippen LogP contribution is 2.30. The van der Waals surface area contributed by atoms with Gasteiger partial charge in [0, 0.05) is 18.1 Å². The molecule has 0 saturated heterocycles. The molecule has 0 N–H and O–H groups in total. The maximum atomic E-state index is 12.8. The number of carbonyl (C=O) groups is 1. The van der Waals surface area contributed by atoms with Crippen LogP contribution in [0.1, 0.15) is 28.1 Å². The molecule has 0 aromatic carbocycles. The minimum absolute atomic E-state index is 0.152. The Balaban J connectivity index is 1.99. The molecule has 0 bridgehead atoms. The fraction of sp³-hybridized carbons (Fsp3) is 0.312. The summed E-state index contributed by atoms with van der Waals surface area (Å²) in [5.41, 5.74) is -1.07. The first-order valence-electron chi connectivity index (χ1n) is 8.36. The van der Waals surface area contributed by atoms with Crippen molar-refractivity contribution < 1.29 is 31.1 Å². The van der Waals surface area contributed by atoms with Crippen LogP contribution in [0, 0.1) is 0 Å². The fourth-order valence-electron chi connectivity index (χ4n) is 2.31. The molecule has 3 aromatic rings. The Kier molecular flexibility index (Phi) is 6.27. The van der Waals surface area contributed by atoms with Gasteiger partial charge in [-0.15, -0.1) is 11.8 Å². The van der Waals surface area contributed by atoms with Gasteiger partial charge in [0.15, 0.2) is 5.69 Å². The molecule has 3 heterocycles. The number of aromatic nitrogens is 5. The number of aryl methyl sites for hydroxylation is 1. The summed E-state index contributed by atoms with van der Waals surface area (Å²) in [6.45, 7) is 1.78. The number of amides is 1. The molecule has 0 unspecified atom stereocenters. The van der Waals surface area contributed by atoms with Crippen LogP contribution in [0.25, 0.3) is 5.69 Å². The summed E-state index contributed by atoms with van der Waals surface area (Å²) < 4.78 is 78.5. The van der Waals surface area contributed by atoms with Gasteiger partial charge in [-0.05, 0) is 17.9 Å². The smallest absolute Gasteiger partial charge is 0.265 e. The lowest BCUT2D eigenvalue weighted by molar-refractivity contribution is -0.141. The zero-order chi connectivity index (χ0) is 23.0. The van der Waals surface area contributed by atoms with Gasteiger partial charge in [-0.25, -0.2) is 14.3 Å². The second kappa shape index (κ2) is 8.45. The van der Waals surface area contributed by atoms with Gasteiger partial charge in [0.2, 0.25) is 9.81 Å². The number of pyridine rings is 1. The summed E-state index contributed by atoms with van der Waals surface area (Å²) in [4.78, 5) is 20.2. The molecular weight excluding hydrogens is 470 g/mol. The second-order valence-electron chi connectivity index (χ2n) is 5.84. The molecule has 0 aliphatic carbocycles. The SMILES string of the molecule is CCSc1cc(-n2ccc(C(F)(F)F)n2)cnc1C(=O)N=c1sc(C(F)(F)F)nn1C. The molecule has 0 fully saturated rings. The van der Waals surface area contributed by atoms with Gasteiger partial charge in [0.1, 0.15) is 5.69 Å². The fourth-order valence-corrected chi connectivity index (χ4v) is 3.85. The van der Waals surface area contributed by atoms with E-state index in [9.17, 15) is 31.1 Å². The summed E-state index contributed by atoms with van der Waals surface area (Å²) in [6, 6.07) is 2.20. The predicted octanol–water partition coefficient (Wildman–Crippen LogP) is 3.95. The average Bonchev–Trinajstić information content (AvgIpc) is 3.29. The molecule has 0 radical (unpaired) electrons. The molecule has 166 valence electrons. The summed E-state index contributed by atoms with van der Waals surface area (Å²) in [5, 5.41) is 5.59. The van der Waals surface area contributed by atoms with Crippen LogP contribution in [0.3, 0.4) is 0 Å². The van der Waals surface area contributed by atoms with E-state index in [2.05, 4.69) is 20.2 Å². The van der Waals surface area contributed by atoms with Crippen molar-refractivity contribution in [2.24, 2.45) is 12.0 Å². The summed E-state index contributed by atoms with van der Waals surface area (Å²) >= 11 is 1.37. The molecule has 0 spiro atoms. The van der Waals surface area contributed by atoms with Crippen LogP contribution in [-0.4, -0.2) is 36.2 Å². The Bertz CT molecular complexity index is 1180. The summed E-state index contributed by atoms with van der Waals surface area (Å²) in [7, 11) is 1.21. The molecular formula is C16H12F6N6OS2. The maximum Gasteiger partial charge on any atom is 0.445 e. The number of hydrogen-bond donors (Lipinski definition) is 0. The quantitative estimate of drug-likeness (QED) is 0.416. The van der Waals surface area contributed by atoms with Crippen molar-refractivity contribution in [2.75, 3.05) is 5.75 Å². The monoisotopic (exact) mass is 482 g/mol. The van der Waals surface area contributed by atoms with Gasteiger partial charge in [0.25, 0.3) is 5.91 Å². The standard InChI is InChI=1S/C16H12F6N6OS2/c1-3-30-9-6-8(28-5-4-10(25-28)15(17,18)19)7-23-11(9)12(29)24-14-27(2)26-13(31-14)16(20,21)22/h4-7H,3H2,1-2H3. The molecule has 31 heavy (non-hydrogen) atoms. The Morgan fingerprint density at radius 1 is 1.19 bits per heavy atom. The topological polar surface area (TPSA) is 78.0 Å². The van der Waals surface area contributed by atoms with Crippen LogP contribution in [0.4, 0.5) is 26.3 Å². The number of halogens is 6. The first kappa shape index (κ1) is 23.0. The molecule has 0 atom stereocenters. The van der Waals surface area contributed by atoms with Crippen molar-refractivity contribution in [2.45, 2.75) is 24.2 Å². The normalized spacial score (nSPS) is 13.1. The number of hydrogen-bond acceptors (Lipinski definition) is 6. The lowest BCUT2D eigenvalue weighted by atomic mass is 10.3. The van der Waals surface area contributed by atoms with Gasteiger partial charge in [-0.1, -0.05) is 18.3 Å². The van der Waals surface area contributed by atoms with Crippen LogP contribution < -0.4 is 4.80 Å². The average molecular weight is 482 g/mol. The Morgan fingerprint density at radius 2 is 1.90 bits per heavy atom. The van der Waals surface area contributed by atoms with Crippen molar-refractivity contribution in [3.05, 3.63) is 45.7 Å². The highest BCUT2D eigenvalue weighted by molar-refractivity contribution is 7.99. The molecule has 1 amide bonds. The number of thioether (sulfide) groups is 1. The van der Waals surface area contributed by atoms with Crippen molar-refractivity contribution in [3.8, 4) is 5.69 Å². The molecule has 7 nitrogen and oxygen atoms in total. The Hall–Kier alpha value is -2.68. The van der Waals surface area contributed by atoms with Gasteiger partial charge in [-0.2, -0.15) is 41.5 Å². The minimum Gasteiger partial charge on any atom is -0.265 e. The third kappa shape index (κ3) is 5.15. The van der Waals surface area contributed by atoms with E-state index in [1.54, 1.807) is 6.92 Å². The second-order valence-corrected chi connectivity index (χ2v) is 8.11. The van der Waals surface area contributed by atoms with E-state index in [1.165, 1.54) is 24.9 Å². The highest BCUT2D eigenvalue weighted by atomic mass is 32.2. The zero-order valence-corrected chi connectivity index (χ0v) is 17.3. The highest BCUT2D eigenvalue weighted by Gasteiger charge is 2.36. The number of rotatable bonds is 4. The first-order valence-corrected chi connectivity index (χ1v) is 10.2. The van der Waals surface area contributed by atoms with E-state index < -0.39 is 29.0 Å². The molecule has 3 aromatic heterocycles. The maximum absolute atomic E-state index is 12.8. The van der Waals surface area contributed by atoms with Gasteiger partial charge >= 0.3 is 12.4 Å². The van der Waals surface area contributed by atoms with Crippen molar-refractivity contribution in [1.29, 1.82) is 0 Å². The van der Waals surface area contributed by atoms with Crippen molar-refractivity contribution in [1.82, 2.24) is 24.5 Å². The summed E-state index contributed by atoms with van der Waals surface area (Å²) in [6.07, 6.45) is -7.07. The van der Waals surface area contributed by atoms with E-state index >= 15 is 0 Å². The molecule has 0 aliphatic heterocycles. The van der Waals surface area contributed by atoms with Crippen LogP contribution >= 0.6 is 23.1 Å². The first-order chi connectivity index (χ1) is 14.4. The van der Waals surface area contributed by atoms with Crippen LogP contribution in [0.2, 0.25) is 0 Å². The third-order valence-corrected chi connectivity index (χ3v) is 5.59. The molecule has 0 aliphatic rings. The lowest BCUT2D eigenvalue weighted by Crippen LogP contribution is -2.16. The van der Waals surface area contributed by atoms with Gasteiger partial charge in [0.05, 0.1) is 11.9 Å². The van der Waals surface area contributed by atoms with Crippen molar-refractivity contribution in [3.63, 3.8) is 0 Å². The zero-order valence-electron chi connectivity index (χ0n) is 15.7. The van der Waals surface area contributed by atoms with E-state index in [4.69, 9.17) is 0 Å². The Morgan fingerprint density at radius 3 is 2.45 bits per heavy atom. The van der Waals surface area contributed by atoms with Gasteiger partial charge in [-0.3, -0.25) is 4.79 Å². The third-order valence-electron chi connectivity index (χ3n) is 3.63. The van der Waals surface area contributed by atoms with Crippen LogP contribution in [0.15, 0.2) is 34.4 Å². The van der Waals surface area contributed by atoms with E-state index in [1.807, 2.05) is 0 Å². The summed E-state index contributed by atoms with van der Waals surface area (Å²) in [5.74, 6) is -0.419. The number of alkyl halides is 6. The Labute approximate surface area is 178 Å². The minimum atomic E-state index is -4.68. The molecule has 0 saturated carbocycles. The molecule has 15 heteroatoms. The molecule has 3 rings (SSSR count).